The zero-order valence-electron chi connectivity index (χ0n) is 23.2. The third-order valence-electron chi connectivity index (χ3n) is 7.80. The molecule has 6 nitrogen and oxygen atoms in total. The summed E-state index contributed by atoms with van der Waals surface area (Å²) in [6.45, 7) is 6.38. The number of nitrogens with zero attached hydrogens (tertiary/aromatic N) is 1. The lowest BCUT2D eigenvalue weighted by molar-refractivity contribution is -0.138. The van der Waals surface area contributed by atoms with Gasteiger partial charge in [0.15, 0.2) is 5.78 Å². The van der Waals surface area contributed by atoms with E-state index in [9.17, 15) is 19.5 Å². The zero-order valence-corrected chi connectivity index (χ0v) is 24.7. The monoisotopic (exact) mass is 590 g/mol. The van der Waals surface area contributed by atoms with Crippen molar-refractivity contribution < 1.29 is 19.5 Å². The second kappa shape index (κ2) is 11.3. The Balaban J connectivity index is 1.70. The minimum atomic E-state index is -1.06. The van der Waals surface area contributed by atoms with Crippen LogP contribution in [0.5, 0.6) is 0 Å². The molecule has 41 heavy (non-hydrogen) atoms. The van der Waals surface area contributed by atoms with E-state index in [4.69, 9.17) is 23.2 Å². The van der Waals surface area contributed by atoms with Crippen LogP contribution in [-0.2, 0) is 19.8 Å². The third kappa shape index (κ3) is 6.04. The largest absolute Gasteiger partial charge is 0.481 e. The van der Waals surface area contributed by atoms with Gasteiger partial charge in [-0.1, -0.05) is 80.4 Å². The maximum absolute atomic E-state index is 14.1. The molecule has 0 radical (unpaired) electrons. The van der Waals surface area contributed by atoms with E-state index in [0.717, 1.165) is 22.4 Å². The van der Waals surface area contributed by atoms with Crippen LogP contribution in [0.4, 0.5) is 11.4 Å². The van der Waals surface area contributed by atoms with Gasteiger partial charge in [-0.2, -0.15) is 0 Å². The van der Waals surface area contributed by atoms with Crippen LogP contribution in [0.1, 0.15) is 75.1 Å². The predicted molar refractivity (Wildman–Crippen MR) is 163 cm³/mol. The summed E-state index contributed by atoms with van der Waals surface area (Å²) in [5.41, 5.74) is 5.19. The van der Waals surface area contributed by atoms with Crippen molar-refractivity contribution in [2.24, 2.45) is 0 Å². The van der Waals surface area contributed by atoms with Gasteiger partial charge in [0.05, 0.1) is 23.8 Å². The maximum Gasteiger partial charge on any atom is 0.303 e. The molecule has 2 N–H and O–H groups in total. The van der Waals surface area contributed by atoms with E-state index in [1.807, 2.05) is 48.5 Å². The van der Waals surface area contributed by atoms with E-state index in [1.54, 1.807) is 23.1 Å². The van der Waals surface area contributed by atoms with E-state index < -0.39 is 12.0 Å². The number of fused-ring (bicyclic) bond motifs is 1. The number of ketones is 1. The van der Waals surface area contributed by atoms with E-state index in [2.05, 4.69) is 26.1 Å². The summed E-state index contributed by atoms with van der Waals surface area (Å²) in [5, 5.41) is 13.9. The standard InChI is InChI=1S/C33H32Cl2N2O4/c1-33(2,3)22-8-4-20(5-9-22)32-31-26(16-21(17-28(31)38)19-6-10-23(34)11-7-19)36-25-18-24(35)12-13-27(25)37(32)29(39)14-15-30(40)41/h4-13,18,21,32,36H,14-17H2,1-3H3,(H,40,41). The molecule has 2 atom stereocenters. The molecule has 0 aromatic heterocycles. The Morgan fingerprint density at radius 1 is 0.902 bits per heavy atom. The number of allylic oxidation sites excluding steroid dienone is 1. The normalized spacial score (nSPS) is 18.8. The minimum absolute atomic E-state index is 0.0708. The highest BCUT2D eigenvalue weighted by Crippen LogP contribution is 2.48. The van der Waals surface area contributed by atoms with Gasteiger partial charge in [-0.3, -0.25) is 19.3 Å². The number of rotatable bonds is 5. The van der Waals surface area contributed by atoms with Crippen molar-refractivity contribution in [3.05, 3.63) is 105 Å². The fourth-order valence-corrected chi connectivity index (χ4v) is 5.98. The first-order chi connectivity index (χ1) is 19.4. The zero-order chi connectivity index (χ0) is 29.5. The van der Waals surface area contributed by atoms with Crippen LogP contribution in [0.15, 0.2) is 78.0 Å². The quantitative estimate of drug-likeness (QED) is 0.314. The summed E-state index contributed by atoms with van der Waals surface area (Å²) in [5.74, 6) is -1.59. The number of carbonyl (C=O) groups excluding carboxylic acids is 2. The Labute approximate surface area is 250 Å². The van der Waals surface area contributed by atoms with E-state index in [0.29, 0.717) is 33.4 Å². The lowest BCUT2D eigenvalue weighted by atomic mass is 9.77. The molecule has 8 heteroatoms. The van der Waals surface area contributed by atoms with Gasteiger partial charge < -0.3 is 10.4 Å². The number of anilines is 2. The lowest BCUT2D eigenvalue weighted by Crippen LogP contribution is -2.38. The van der Waals surface area contributed by atoms with Gasteiger partial charge in [0.1, 0.15) is 0 Å². The van der Waals surface area contributed by atoms with Crippen LogP contribution in [0.25, 0.3) is 0 Å². The Kier molecular flexibility index (Phi) is 8.00. The molecule has 0 bridgehead atoms. The molecular weight excluding hydrogens is 559 g/mol. The SMILES string of the molecule is CC(C)(C)c1ccc(C2C3=C(CC(c4ccc(Cl)cc4)CC3=O)Nc3cc(Cl)ccc3N2C(=O)CCC(=O)O)cc1. The molecule has 0 spiro atoms. The molecule has 212 valence electrons. The molecule has 1 aliphatic heterocycles. The highest BCUT2D eigenvalue weighted by atomic mass is 35.5. The molecule has 0 saturated carbocycles. The number of carboxylic acids is 1. The number of amides is 1. The summed E-state index contributed by atoms with van der Waals surface area (Å²) >= 11 is 12.5. The summed E-state index contributed by atoms with van der Waals surface area (Å²) in [4.78, 5) is 41.0. The average molecular weight is 592 g/mol. The lowest BCUT2D eigenvalue weighted by Gasteiger charge is -2.35. The van der Waals surface area contributed by atoms with Gasteiger partial charge in [0.25, 0.3) is 0 Å². The van der Waals surface area contributed by atoms with Gasteiger partial charge in [-0.25, -0.2) is 0 Å². The molecule has 0 fully saturated rings. The predicted octanol–water partition coefficient (Wildman–Crippen LogP) is 8.06. The van der Waals surface area contributed by atoms with Gasteiger partial charge >= 0.3 is 5.97 Å². The average Bonchev–Trinajstić information content (AvgIpc) is 3.06. The highest BCUT2D eigenvalue weighted by Gasteiger charge is 2.41. The second-order valence-corrected chi connectivity index (χ2v) is 12.6. The van der Waals surface area contributed by atoms with Crippen molar-refractivity contribution in [1.29, 1.82) is 0 Å². The summed E-state index contributed by atoms with van der Waals surface area (Å²) in [7, 11) is 0. The fraction of sp³-hybridized carbons (Fsp3) is 0.303. The van der Waals surface area contributed by atoms with Crippen LogP contribution in [0.2, 0.25) is 10.0 Å². The number of hydrogen-bond acceptors (Lipinski definition) is 4. The van der Waals surface area contributed by atoms with E-state index >= 15 is 0 Å². The second-order valence-electron chi connectivity index (χ2n) is 11.7. The number of benzene rings is 3. The van der Waals surface area contributed by atoms with Crippen LogP contribution in [0.3, 0.4) is 0 Å². The van der Waals surface area contributed by atoms with Crippen LogP contribution >= 0.6 is 23.2 Å². The number of Topliss-reactive ketones (excluding diaryl/α,β-unsaturated/α-hetero) is 1. The smallest absolute Gasteiger partial charge is 0.303 e. The maximum atomic E-state index is 14.1. The van der Waals surface area contributed by atoms with Crippen LogP contribution < -0.4 is 10.2 Å². The van der Waals surface area contributed by atoms with Gasteiger partial charge in [-0.05, 0) is 64.8 Å². The molecule has 2 aliphatic rings. The molecular formula is C33H32Cl2N2O4. The molecule has 2 unspecified atom stereocenters. The third-order valence-corrected chi connectivity index (χ3v) is 8.29. The van der Waals surface area contributed by atoms with Crippen LogP contribution in [-0.4, -0.2) is 22.8 Å². The molecule has 3 aromatic rings. The van der Waals surface area contributed by atoms with Crippen molar-refractivity contribution in [2.45, 2.75) is 63.8 Å². The number of carbonyl (C=O) groups is 3. The van der Waals surface area contributed by atoms with Gasteiger partial charge in [0.2, 0.25) is 5.91 Å². The van der Waals surface area contributed by atoms with Gasteiger partial charge in [-0.15, -0.1) is 0 Å². The minimum Gasteiger partial charge on any atom is -0.481 e. The first-order valence-electron chi connectivity index (χ1n) is 13.6. The first kappa shape index (κ1) is 28.9. The summed E-state index contributed by atoms with van der Waals surface area (Å²) in [6, 6.07) is 20.0. The topological polar surface area (TPSA) is 86.7 Å². The van der Waals surface area contributed by atoms with E-state index in [1.165, 1.54) is 0 Å². The van der Waals surface area contributed by atoms with Crippen molar-refractivity contribution in [3.8, 4) is 0 Å². The number of carboxylic acid groups (broad SMARTS) is 1. The molecule has 0 saturated heterocycles. The Morgan fingerprint density at radius 3 is 2.17 bits per heavy atom. The molecule has 3 aromatic carbocycles. The first-order valence-corrected chi connectivity index (χ1v) is 14.4. The Hall–Kier alpha value is -3.61. The molecule has 1 aliphatic carbocycles. The molecule has 1 heterocycles. The van der Waals surface area contributed by atoms with Crippen molar-refractivity contribution >= 4 is 52.2 Å². The van der Waals surface area contributed by atoms with Crippen molar-refractivity contribution in [3.63, 3.8) is 0 Å². The number of hydrogen-bond donors (Lipinski definition) is 2. The highest BCUT2D eigenvalue weighted by molar-refractivity contribution is 6.31. The van der Waals surface area contributed by atoms with Crippen LogP contribution in [0, 0.1) is 0 Å². The molecule has 5 rings (SSSR count). The van der Waals surface area contributed by atoms with E-state index in [-0.39, 0.29) is 42.3 Å². The molecule has 1 amide bonds. The Bertz CT molecular complexity index is 1540. The van der Waals surface area contributed by atoms with Gasteiger partial charge in [0, 0.05) is 34.2 Å². The summed E-state index contributed by atoms with van der Waals surface area (Å²) < 4.78 is 0. The van der Waals surface area contributed by atoms with Crippen molar-refractivity contribution in [1.82, 2.24) is 0 Å². The summed E-state index contributed by atoms with van der Waals surface area (Å²) in [6.07, 6.45) is 0.285. The van der Waals surface area contributed by atoms with Crippen molar-refractivity contribution in [2.75, 3.05) is 10.2 Å². The number of halogens is 2. The fourth-order valence-electron chi connectivity index (χ4n) is 5.68. The Morgan fingerprint density at radius 2 is 1.54 bits per heavy atom. The number of aliphatic carboxylic acids is 1. The number of nitrogens with one attached hydrogen (secondary N) is 1.